The first-order chi connectivity index (χ1) is 16.0. The van der Waals surface area contributed by atoms with Gasteiger partial charge in [-0.15, -0.1) is 0 Å². The van der Waals surface area contributed by atoms with Gasteiger partial charge in [0.25, 0.3) is 5.91 Å². The third-order valence-corrected chi connectivity index (χ3v) is 5.69. The van der Waals surface area contributed by atoms with Crippen molar-refractivity contribution in [1.29, 1.82) is 0 Å². The maximum Gasteiger partial charge on any atom is 0.276 e. The molecule has 176 valence electrons. The Kier molecular flexibility index (Phi) is 7.05. The molecule has 1 aliphatic rings. The van der Waals surface area contributed by atoms with Gasteiger partial charge >= 0.3 is 0 Å². The molecule has 0 spiro atoms. The number of ether oxygens (including phenoxy) is 2. The van der Waals surface area contributed by atoms with Crippen molar-refractivity contribution in [3.63, 3.8) is 0 Å². The molecule has 10 nitrogen and oxygen atoms in total. The molecule has 4 rings (SSSR count). The minimum Gasteiger partial charge on any atom is -0.379 e. The number of anilines is 1. The number of aryl methyl sites for hydroxylation is 3. The zero-order valence-corrected chi connectivity index (χ0v) is 19.0. The van der Waals surface area contributed by atoms with Crippen LogP contribution in [0.4, 0.5) is 5.95 Å². The molecule has 2 aromatic heterocycles. The van der Waals surface area contributed by atoms with Crippen molar-refractivity contribution in [1.82, 2.24) is 19.3 Å². The molecule has 0 radical (unpaired) electrons. The van der Waals surface area contributed by atoms with Crippen LogP contribution in [0.15, 0.2) is 24.3 Å². The summed E-state index contributed by atoms with van der Waals surface area (Å²) in [6.45, 7) is 6.95. The number of nitrogens with zero attached hydrogens (tertiary/aromatic N) is 4. The first kappa shape index (κ1) is 22.9. The van der Waals surface area contributed by atoms with E-state index in [9.17, 15) is 9.59 Å². The van der Waals surface area contributed by atoms with E-state index in [-0.39, 0.29) is 12.0 Å². The number of primary amides is 1. The number of fused-ring (bicyclic) bond motifs is 1. The summed E-state index contributed by atoms with van der Waals surface area (Å²) in [6.07, 6.45) is 2.89. The maximum absolute atomic E-state index is 13.0. The Hall–Kier alpha value is -3.24. The Morgan fingerprint density at radius 3 is 2.91 bits per heavy atom. The van der Waals surface area contributed by atoms with E-state index in [0.717, 1.165) is 37.1 Å². The van der Waals surface area contributed by atoms with Crippen LogP contribution in [0.25, 0.3) is 11.0 Å². The van der Waals surface area contributed by atoms with Crippen LogP contribution in [-0.2, 0) is 22.6 Å². The zero-order chi connectivity index (χ0) is 23.4. The fraction of sp³-hybridized carbons (Fsp3) is 0.478. The summed E-state index contributed by atoms with van der Waals surface area (Å²) >= 11 is 0. The molecule has 3 N–H and O–H groups in total. The highest BCUT2D eigenvalue weighted by Crippen LogP contribution is 2.23. The van der Waals surface area contributed by atoms with Crippen molar-refractivity contribution in [2.45, 2.75) is 52.3 Å². The van der Waals surface area contributed by atoms with Gasteiger partial charge in [0.2, 0.25) is 11.9 Å². The van der Waals surface area contributed by atoms with E-state index < -0.39 is 5.91 Å². The first-order valence-corrected chi connectivity index (χ1v) is 11.3. The summed E-state index contributed by atoms with van der Waals surface area (Å²) in [5.41, 5.74) is 8.42. The number of amides is 2. The van der Waals surface area contributed by atoms with E-state index in [1.54, 1.807) is 28.9 Å². The maximum atomic E-state index is 13.0. The third-order valence-electron chi connectivity index (χ3n) is 5.69. The molecular weight excluding hydrogens is 424 g/mol. The minimum atomic E-state index is -0.526. The van der Waals surface area contributed by atoms with Gasteiger partial charge in [0.1, 0.15) is 5.69 Å². The van der Waals surface area contributed by atoms with Crippen molar-refractivity contribution in [3.8, 4) is 0 Å². The number of aromatic nitrogens is 4. The Morgan fingerprint density at radius 1 is 1.33 bits per heavy atom. The van der Waals surface area contributed by atoms with Gasteiger partial charge in [0.15, 0.2) is 0 Å². The van der Waals surface area contributed by atoms with Crippen LogP contribution in [0.3, 0.4) is 0 Å². The van der Waals surface area contributed by atoms with E-state index in [1.807, 2.05) is 18.4 Å². The molecule has 1 aliphatic heterocycles. The van der Waals surface area contributed by atoms with Gasteiger partial charge in [-0.2, -0.15) is 5.10 Å². The molecule has 0 aliphatic carbocycles. The summed E-state index contributed by atoms with van der Waals surface area (Å²) in [5, 5.41) is 7.26. The van der Waals surface area contributed by atoms with E-state index in [4.69, 9.17) is 15.2 Å². The summed E-state index contributed by atoms with van der Waals surface area (Å²) < 4.78 is 15.0. The highest BCUT2D eigenvalue weighted by atomic mass is 16.5. The van der Waals surface area contributed by atoms with E-state index in [1.165, 1.54) is 0 Å². The molecule has 1 fully saturated rings. The SMILES string of the molecule is CCn1nc(C)cc1C(=O)Nc1nc2cc(C(N)=O)ccc2n1CCCO[C@@H]1CCCOC1. The second-order valence-electron chi connectivity index (χ2n) is 8.16. The Balaban J connectivity index is 1.55. The largest absolute Gasteiger partial charge is 0.379 e. The number of benzene rings is 1. The normalized spacial score (nSPS) is 16.2. The number of imidazole rings is 1. The van der Waals surface area contributed by atoms with Crippen LogP contribution in [-0.4, -0.2) is 57.1 Å². The molecular formula is C23H30N6O4. The van der Waals surface area contributed by atoms with Gasteiger partial charge < -0.3 is 19.8 Å². The number of carbonyl (C=O) groups excluding carboxylic acids is 2. The second kappa shape index (κ2) is 10.1. The van der Waals surface area contributed by atoms with Crippen LogP contribution in [0.5, 0.6) is 0 Å². The Labute approximate surface area is 192 Å². The monoisotopic (exact) mass is 454 g/mol. The van der Waals surface area contributed by atoms with E-state index >= 15 is 0 Å². The molecule has 3 heterocycles. The summed E-state index contributed by atoms with van der Waals surface area (Å²) in [6, 6.07) is 6.85. The minimum absolute atomic E-state index is 0.133. The summed E-state index contributed by atoms with van der Waals surface area (Å²) in [4.78, 5) is 29.2. The van der Waals surface area contributed by atoms with Crippen molar-refractivity contribution in [2.24, 2.45) is 5.73 Å². The van der Waals surface area contributed by atoms with Gasteiger partial charge in [-0.25, -0.2) is 4.98 Å². The molecule has 1 aromatic carbocycles. The van der Waals surface area contributed by atoms with Crippen molar-refractivity contribution in [3.05, 3.63) is 41.2 Å². The zero-order valence-electron chi connectivity index (χ0n) is 19.0. The second-order valence-corrected chi connectivity index (χ2v) is 8.16. The predicted molar refractivity (Wildman–Crippen MR) is 123 cm³/mol. The van der Waals surface area contributed by atoms with Crippen molar-refractivity contribution in [2.75, 3.05) is 25.1 Å². The van der Waals surface area contributed by atoms with Crippen LogP contribution < -0.4 is 11.1 Å². The van der Waals surface area contributed by atoms with Gasteiger partial charge in [0, 0.05) is 31.9 Å². The van der Waals surface area contributed by atoms with Gasteiger partial charge in [-0.3, -0.25) is 19.6 Å². The standard InChI is InChI=1S/C23H30N6O4/c1-3-29-20(12-15(2)27-29)22(31)26-23-25-18-13-16(21(24)30)7-8-19(18)28(23)9-5-11-33-17-6-4-10-32-14-17/h7-8,12-13,17H,3-6,9-11,14H2,1-2H3,(H2,24,30)(H,25,26,31)/t17-/m1/s1. The highest BCUT2D eigenvalue weighted by Gasteiger charge is 2.19. The lowest BCUT2D eigenvalue weighted by Gasteiger charge is -2.22. The van der Waals surface area contributed by atoms with Gasteiger partial charge in [-0.05, 0) is 57.4 Å². The smallest absolute Gasteiger partial charge is 0.276 e. The van der Waals surface area contributed by atoms with Crippen LogP contribution in [0, 0.1) is 6.92 Å². The molecule has 1 atom stereocenters. The number of hydrogen-bond donors (Lipinski definition) is 2. The fourth-order valence-corrected chi connectivity index (χ4v) is 4.06. The van der Waals surface area contributed by atoms with Crippen LogP contribution in [0.2, 0.25) is 0 Å². The molecule has 2 amide bonds. The van der Waals surface area contributed by atoms with E-state index in [2.05, 4.69) is 15.4 Å². The molecule has 10 heteroatoms. The highest BCUT2D eigenvalue weighted by molar-refractivity contribution is 6.03. The molecule has 33 heavy (non-hydrogen) atoms. The number of hydrogen-bond acceptors (Lipinski definition) is 6. The molecule has 0 saturated carbocycles. The number of carbonyl (C=O) groups is 2. The Morgan fingerprint density at radius 2 is 2.18 bits per heavy atom. The predicted octanol–water partition coefficient (Wildman–Crippen LogP) is 2.50. The van der Waals surface area contributed by atoms with Crippen LogP contribution >= 0.6 is 0 Å². The first-order valence-electron chi connectivity index (χ1n) is 11.3. The topological polar surface area (TPSA) is 126 Å². The van der Waals surface area contributed by atoms with Crippen LogP contribution in [0.1, 0.15) is 52.7 Å². The fourth-order valence-electron chi connectivity index (χ4n) is 4.06. The third kappa shape index (κ3) is 5.23. The lowest BCUT2D eigenvalue weighted by molar-refractivity contribution is -0.0509. The van der Waals surface area contributed by atoms with Crippen molar-refractivity contribution >= 4 is 28.8 Å². The lowest BCUT2D eigenvalue weighted by Crippen LogP contribution is -2.26. The molecule has 0 unspecified atom stereocenters. The molecule has 3 aromatic rings. The number of nitrogens with one attached hydrogen (secondary N) is 1. The number of nitrogens with two attached hydrogens (primary N) is 1. The van der Waals surface area contributed by atoms with E-state index in [0.29, 0.717) is 49.0 Å². The number of rotatable bonds is 9. The molecule has 0 bridgehead atoms. The summed E-state index contributed by atoms with van der Waals surface area (Å²) in [7, 11) is 0. The average molecular weight is 455 g/mol. The van der Waals surface area contributed by atoms with Gasteiger partial charge in [0.05, 0.1) is 29.4 Å². The average Bonchev–Trinajstić information content (AvgIpc) is 3.36. The van der Waals surface area contributed by atoms with Gasteiger partial charge in [-0.1, -0.05) is 0 Å². The molecule has 1 saturated heterocycles. The van der Waals surface area contributed by atoms with Crippen molar-refractivity contribution < 1.29 is 19.1 Å². The summed E-state index contributed by atoms with van der Waals surface area (Å²) in [5.74, 6) is -0.415. The quantitative estimate of drug-likeness (QED) is 0.479. The lowest BCUT2D eigenvalue weighted by atomic mass is 10.2. The Bertz CT molecular complexity index is 1150.